The lowest BCUT2D eigenvalue weighted by Gasteiger charge is -2.30. The summed E-state index contributed by atoms with van der Waals surface area (Å²) < 4.78 is 5.08. The molecule has 0 aromatic heterocycles. The highest BCUT2D eigenvalue weighted by Crippen LogP contribution is 2.16. The summed E-state index contributed by atoms with van der Waals surface area (Å²) in [4.78, 5) is 36.6. The maximum absolute atomic E-state index is 12.0. The van der Waals surface area contributed by atoms with Crippen molar-refractivity contribution in [1.82, 2.24) is 4.90 Å². The zero-order chi connectivity index (χ0) is 17.5. The molecule has 1 N–H and O–H groups in total. The van der Waals surface area contributed by atoms with E-state index in [1.54, 1.807) is 29.2 Å². The summed E-state index contributed by atoms with van der Waals surface area (Å²) in [5, 5.41) is 2.66. The maximum Gasteiger partial charge on any atom is 0.310 e. The van der Waals surface area contributed by atoms with E-state index in [2.05, 4.69) is 12.2 Å². The molecule has 1 saturated heterocycles. The molecule has 6 nitrogen and oxygen atoms in total. The largest absolute Gasteiger partial charge is 0.455 e. The van der Waals surface area contributed by atoms with E-state index in [1.807, 2.05) is 0 Å². The van der Waals surface area contributed by atoms with E-state index in [0.717, 1.165) is 31.5 Å². The van der Waals surface area contributed by atoms with Gasteiger partial charge in [0.1, 0.15) is 0 Å². The van der Waals surface area contributed by atoms with Crippen LogP contribution in [-0.4, -0.2) is 42.4 Å². The van der Waals surface area contributed by atoms with Gasteiger partial charge in [0.15, 0.2) is 6.61 Å². The van der Waals surface area contributed by atoms with E-state index in [0.29, 0.717) is 11.6 Å². The number of amides is 2. The molecule has 2 amide bonds. The molecule has 0 atom stereocenters. The molecule has 1 fully saturated rings. The van der Waals surface area contributed by atoms with Gasteiger partial charge in [-0.25, -0.2) is 0 Å². The lowest BCUT2D eigenvalue weighted by atomic mass is 9.99. The molecule has 130 valence electrons. The number of ether oxygens (including phenoxy) is 1. The zero-order valence-corrected chi connectivity index (χ0v) is 14.2. The fraction of sp³-hybridized carbons (Fsp3) is 0.500. The number of piperidine rings is 1. The highest BCUT2D eigenvalue weighted by molar-refractivity contribution is 5.88. The molecule has 2 rings (SSSR count). The Bertz CT molecular complexity index is 590. The van der Waals surface area contributed by atoms with Crippen LogP contribution in [0.3, 0.4) is 0 Å². The van der Waals surface area contributed by atoms with Crippen LogP contribution in [0, 0.1) is 5.92 Å². The quantitative estimate of drug-likeness (QED) is 0.837. The summed E-state index contributed by atoms with van der Waals surface area (Å²) in [6, 6.07) is 6.95. The monoisotopic (exact) mass is 332 g/mol. The molecular weight excluding hydrogens is 308 g/mol. The van der Waals surface area contributed by atoms with Crippen LogP contribution >= 0.6 is 0 Å². The van der Waals surface area contributed by atoms with Gasteiger partial charge in [0, 0.05) is 25.7 Å². The van der Waals surface area contributed by atoms with Crippen LogP contribution in [-0.2, 0) is 25.5 Å². The Balaban J connectivity index is 1.74. The molecule has 1 aliphatic heterocycles. The van der Waals surface area contributed by atoms with Crippen molar-refractivity contribution in [3.8, 4) is 0 Å². The van der Waals surface area contributed by atoms with E-state index in [4.69, 9.17) is 4.74 Å². The summed E-state index contributed by atoms with van der Waals surface area (Å²) in [6.45, 7) is 4.89. The number of hydrogen-bond donors (Lipinski definition) is 1. The molecule has 0 saturated carbocycles. The third kappa shape index (κ3) is 5.68. The summed E-state index contributed by atoms with van der Waals surface area (Å²) in [7, 11) is 0. The van der Waals surface area contributed by atoms with E-state index in [9.17, 15) is 14.4 Å². The van der Waals surface area contributed by atoms with Gasteiger partial charge in [-0.15, -0.1) is 0 Å². The molecule has 1 aromatic carbocycles. The Morgan fingerprint density at radius 3 is 2.38 bits per heavy atom. The van der Waals surface area contributed by atoms with E-state index in [1.165, 1.54) is 6.92 Å². The number of carbonyl (C=O) groups excluding carboxylic acids is 3. The highest BCUT2D eigenvalue weighted by Gasteiger charge is 2.21. The Labute approximate surface area is 142 Å². The Kier molecular flexibility index (Phi) is 6.35. The number of nitrogens with one attached hydrogen (secondary N) is 1. The number of esters is 1. The third-order valence-corrected chi connectivity index (χ3v) is 4.12. The molecule has 1 heterocycles. The van der Waals surface area contributed by atoms with Gasteiger partial charge >= 0.3 is 5.97 Å². The van der Waals surface area contributed by atoms with Crippen LogP contribution in [0.4, 0.5) is 5.69 Å². The molecule has 0 spiro atoms. The minimum absolute atomic E-state index is 0.102. The van der Waals surface area contributed by atoms with Gasteiger partial charge in [0.2, 0.25) is 5.91 Å². The molecule has 0 unspecified atom stereocenters. The number of rotatable bonds is 5. The van der Waals surface area contributed by atoms with Crippen molar-refractivity contribution in [2.75, 3.05) is 25.0 Å². The molecule has 1 aliphatic rings. The van der Waals surface area contributed by atoms with Crippen LogP contribution in [0.5, 0.6) is 0 Å². The van der Waals surface area contributed by atoms with Gasteiger partial charge in [0.25, 0.3) is 5.91 Å². The Morgan fingerprint density at radius 1 is 1.17 bits per heavy atom. The first-order valence-electron chi connectivity index (χ1n) is 8.24. The summed E-state index contributed by atoms with van der Waals surface area (Å²) in [5.41, 5.74) is 1.45. The first-order valence-corrected chi connectivity index (χ1v) is 8.24. The standard InChI is InChI=1S/C18H24N2O4/c1-13-7-9-20(10-8-13)17(22)12-24-18(23)11-15-3-5-16(6-4-15)19-14(2)21/h3-6,13H,7-12H2,1-2H3,(H,19,21). The van der Waals surface area contributed by atoms with Gasteiger partial charge in [-0.2, -0.15) is 0 Å². The molecular formula is C18H24N2O4. The third-order valence-electron chi connectivity index (χ3n) is 4.12. The van der Waals surface area contributed by atoms with Crippen LogP contribution < -0.4 is 5.32 Å². The second kappa shape index (κ2) is 8.47. The number of anilines is 1. The van der Waals surface area contributed by atoms with E-state index < -0.39 is 5.97 Å². The van der Waals surface area contributed by atoms with Gasteiger partial charge in [-0.1, -0.05) is 19.1 Å². The van der Waals surface area contributed by atoms with Crippen molar-refractivity contribution in [2.45, 2.75) is 33.1 Å². The van der Waals surface area contributed by atoms with E-state index in [-0.39, 0.29) is 24.8 Å². The molecule has 1 aromatic rings. The predicted molar refractivity (Wildman–Crippen MR) is 90.4 cm³/mol. The van der Waals surface area contributed by atoms with Gasteiger partial charge in [0.05, 0.1) is 6.42 Å². The normalized spacial score (nSPS) is 15.0. The van der Waals surface area contributed by atoms with Crippen molar-refractivity contribution < 1.29 is 19.1 Å². The zero-order valence-electron chi connectivity index (χ0n) is 14.2. The minimum atomic E-state index is -0.430. The smallest absolute Gasteiger partial charge is 0.310 e. The van der Waals surface area contributed by atoms with Crippen molar-refractivity contribution in [2.24, 2.45) is 5.92 Å². The SMILES string of the molecule is CC(=O)Nc1ccc(CC(=O)OCC(=O)N2CCC(C)CC2)cc1. The summed E-state index contributed by atoms with van der Waals surface area (Å²) in [6.07, 6.45) is 2.10. The molecule has 0 bridgehead atoms. The second-order valence-electron chi connectivity index (χ2n) is 6.28. The van der Waals surface area contributed by atoms with Crippen molar-refractivity contribution >= 4 is 23.5 Å². The number of nitrogens with zero attached hydrogens (tertiary/aromatic N) is 1. The van der Waals surface area contributed by atoms with Gasteiger partial charge in [-0.05, 0) is 36.5 Å². The predicted octanol–water partition coefficient (Wildman–Crippen LogP) is 1.99. The summed E-state index contributed by atoms with van der Waals surface area (Å²) in [5.74, 6) is -0.0536. The number of hydrogen-bond acceptors (Lipinski definition) is 4. The number of likely N-dealkylation sites (tertiary alicyclic amines) is 1. The van der Waals surface area contributed by atoms with Crippen LogP contribution in [0.2, 0.25) is 0 Å². The average molecular weight is 332 g/mol. The lowest BCUT2D eigenvalue weighted by Crippen LogP contribution is -2.40. The maximum atomic E-state index is 12.0. The Morgan fingerprint density at radius 2 is 1.79 bits per heavy atom. The van der Waals surface area contributed by atoms with Crippen molar-refractivity contribution in [1.29, 1.82) is 0 Å². The van der Waals surface area contributed by atoms with Crippen molar-refractivity contribution in [3.63, 3.8) is 0 Å². The van der Waals surface area contributed by atoms with Crippen LogP contribution in [0.1, 0.15) is 32.3 Å². The van der Waals surface area contributed by atoms with Crippen LogP contribution in [0.15, 0.2) is 24.3 Å². The fourth-order valence-electron chi connectivity index (χ4n) is 2.62. The molecule has 24 heavy (non-hydrogen) atoms. The number of benzene rings is 1. The molecule has 0 radical (unpaired) electrons. The van der Waals surface area contributed by atoms with Gasteiger partial charge in [-0.3, -0.25) is 14.4 Å². The second-order valence-corrected chi connectivity index (χ2v) is 6.28. The molecule has 0 aliphatic carbocycles. The highest BCUT2D eigenvalue weighted by atomic mass is 16.5. The van der Waals surface area contributed by atoms with Gasteiger partial charge < -0.3 is 15.0 Å². The first-order chi connectivity index (χ1) is 11.4. The number of carbonyl (C=O) groups is 3. The van der Waals surface area contributed by atoms with E-state index >= 15 is 0 Å². The van der Waals surface area contributed by atoms with Crippen LogP contribution in [0.25, 0.3) is 0 Å². The van der Waals surface area contributed by atoms with Crippen molar-refractivity contribution in [3.05, 3.63) is 29.8 Å². The average Bonchev–Trinajstić information content (AvgIpc) is 2.54. The topological polar surface area (TPSA) is 75.7 Å². The first kappa shape index (κ1) is 18.0. The fourth-order valence-corrected chi connectivity index (χ4v) is 2.62. The lowest BCUT2D eigenvalue weighted by molar-refractivity contribution is -0.152. The minimum Gasteiger partial charge on any atom is -0.455 e. The summed E-state index contributed by atoms with van der Waals surface area (Å²) >= 11 is 0. The Hall–Kier alpha value is -2.37. The molecule has 6 heteroatoms.